The third-order valence-corrected chi connectivity index (χ3v) is 3.56. The standard InChI is InChI=1S/C14H18FN3O3/c15-12-9-11(4-6-13(12)18(20)21)17-14(19)7-5-10-3-1-2-8-16-10/h4,6,9-10,16H,1-3,5,7-8H2,(H,17,19). The smallest absolute Gasteiger partial charge is 0.304 e. The average molecular weight is 295 g/mol. The molecule has 1 unspecified atom stereocenters. The molecule has 0 radical (unpaired) electrons. The van der Waals surface area contributed by atoms with Gasteiger partial charge in [-0.3, -0.25) is 14.9 Å². The van der Waals surface area contributed by atoms with Crippen LogP contribution in [0.4, 0.5) is 15.8 Å². The third-order valence-electron chi connectivity index (χ3n) is 3.56. The summed E-state index contributed by atoms with van der Waals surface area (Å²) >= 11 is 0. The third kappa shape index (κ3) is 4.49. The Morgan fingerprint density at radius 2 is 2.29 bits per heavy atom. The van der Waals surface area contributed by atoms with Gasteiger partial charge < -0.3 is 10.6 Å². The van der Waals surface area contributed by atoms with Gasteiger partial charge >= 0.3 is 5.69 Å². The first-order valence-corrected chi connectivity index (χ1v) is 7.03. The minimum Gasteiger partial charge on any atom is -0.326 e. The molecule has 1 amide bonds. The molecule has 7 heteroatoms. The van der Waals surface area contributed by atoms with Crippen LogP contribution in [-0.4, -0.2) is 23.4 Å². The number of nitro benzene ring substituents is 1. The van der Waals surface area contributed by atoms with Crippen molar-refractivity contribution in [3.63, 3.8) is 0 Å². The maximum atomic E-state index is 13.4. The second kappa shape index (κ2) is 7.12. The molecule has 0 aromatic heterocycles. The van der Waals surface area contributed by atoms with E-state index in [1.54, 1.807) is 0 Å². The number of hydrogen-bond donors (Lipinski definition) is 2. The Balaban J connectivity index is 1.84. The molecule has 1 aliphatic heterocycles. The van der Waals surface area contributed by atoms with Gasteiger partial charge in [-0.1, -0.05) is 6.42 Å². The maximum Gasteiger partial charge on any atom is 0.304 e. The molecular weight excluding hydrogens is 277 g/mol. The van der Waals surface area contributed by atoms with Crippen molar-refractivity contribution in [3.8, 4) is 0 Å². The van der Waals surface area contributed by atoms with E-state index in [4.69, 9.17) is 0 Å². The maximum absolute atomic E-state index is 13.4. The van der Waals surface area contributed by atoms with Crippen molar-refractivity contribution < 1.29 is 14.1 Å². The van der Waals surface area contributed by atoms with Gasteiger partial charge in [-0.2, -0.15) is 4.39 Å². The highest BCUT2D eigenvalue weighted by molar-refractivity contribution is 5.90. The van der Waals surface area contributed by atoms with Gasteiger partial charge in [-0.05, 0) is 31.9 Å². The summed E-state index contributed by atoms with van der Waals surface area (Å²) in [6.07, 6.45) is 4.49. The normalized spacial score (nSPS) is 18.2. The van der Waals surface area contributed by atoms with Gasteiger partial charge in [0, 0.05) is 30.3 Å². The number of carbonyl (C=O) groups excluding carboxylic acids is 1. The lowest BCUT2D eigenvalue weighted by atomic mass is 10.0. The lowest BCUT2D eigenvalue weighted by Gasteiger charge is -2.23. The molecule has 0 spiro atoms. The number of nitro groups is 1. The van der Waals surface area contributed by atoms with Gasteiger partial charge in [0.15, 0.2) is 0 Å². The summed E-state index contributed by atoms with van der Waals surface area (Å²) in [6.45, 7) is 0.986. The van der Waals surface area contributed by atoms with Gasteiger partial charge in [0.1, 0.15) is 0 Å². The van der Waals surface area contributed by atoms with Crippen LogP contribution in [0.3, 0.4) is 0 Å². The number of nitrogens with zero attached hydrogens (tertiary/aromatic N) is 1. The molecule has 1 heterocycles. The molecule has 2 rings (SSSR count). The summed E-state index contributed by atoms with van der Waals surface area (Å²) in [5, 5.41) is 16.4. The molecular formula is C14H18FN3O3. The van der Waals surface area contributed by atoms with Crippen molar-refractivity contribution in [2.75, 3.05) is 11.9 Å². The number of piperidine rings is 1. The molecule has 6 nitrogen and oxygen atoms in total. The molecule has 1 saturated heterocycles. The molecule has 1 atom stereocenters. The largest absolute Gasteiger partial charge is 0.326 e. The zero-order chi connectivity index (χ0) is 15.2. The van der Waals surface area contributed by atoms with Crippen LogP contribution in [0, 0.1) is 15.9 Å². The SMILES string of the molecule is O=C(CCC1CCCCN1)Nc1ccc([N+](=O)[O-])c(F)c1. The monoisotopic (exact) mass is 295 g/mol. The van der Waals surface area contributed by atoms with E-state index < -0.39 is 16.4 Å². The van der Waals surface area contributed by atoms with Gasteiger partial charge in [0.2, 0.25) is 11.7 Å². The summed E-state index contributed by atoms with van der Waals surface area (Å²) in [7, 11) is 0. The molecule has 0 saturated carbocycles. The van der Waals surface area contributed by atoms with Crippen LogP contribution in [-0.2, 0) is 4.79 Å². The quantitative estimate of drug-likeness (QED) is 0.646. The van der Waals surface area contributed by atoms with Crippen molar-refractivity contribution in [2.24, 2.45) is 0 Å². The minimum absolute atomic E-state index is 0.212. The summed E-state index contributed by atoms with van der Waals surface area (Å²) < 4.78 is 13.4. The van der Waals surface area contributed by atoms with Gasteiger partial charge in [-0.25, -0.2) is 0 Å². The summed E-state index contributed by atoms with van der Waals surface area (Å²) in [6, 6.07) is 3.71. The average Bonchev–Trinajstić information content (AvgIpc) is 2.46. The molecule has 21 heavy (non-hydrogen) atoms. The van der Waals surface area contributed by atoms with E-state index in [1.807, 2.05) is 0 Å². The van der Waals surface area contributed by atoms with Crippen LogP contribution >= 0.6 is 0 Å². The fourth-order valence-corrected chi connectivity index (χ4v) is 2.43. The van der Waals surface area contributed by atoms with Crippen molar-refractivity contribution in [3.05, 3.63) is 34.1 Å². The first kappa shape index (κ1) is 15.4. The lowest BCUT2D eigenvalue weighted by Crippen LogP contribution is -2.34. The van der Waals surface area contributed by atoms with Gasteiger partial charge in [0.25, 0.3) is 0 Å². The summed E-state index contributed by atoms with van der Waals surface area (Å²) in [5.41, 5.74) is -0.362. The highest BCUT2D eigenvalue weighted by Gasteiger charge is 2.16. The van der Waals surface area contributed by atoms with E-state index >= 15 is 0 Å². The minimum atomic E-state index is -0.952. The number of benzene rings is 1. The van der Waals surface area contributed by atoms with E-state index in [9.17, 15) is 19.3 Å². The highest BCUT2D eigenvalue weighted by atomic mass is 19.1. The molecule has 0 aliphatic carbocycles. The predicted octanol–water partition coefficient (Wildman–Crippen LogP) is 2.59. The van der Waals surface area contributed by atoms with E-state index in [1.165, 1.54) is 18.9 Å². The van der Waals surface area contributed by atoms with Crippen LogP contribution in [0.1, 0.15) is 32.1 Å². The Morgan fingerprint density at radius 1 is 1.48 bits per heavy atom. The highest BCUT2D eigenvalue weighted by Crippen LogP contribution is 2.21. The van der Waals surface area contributed by atoms with E-state index in [-0.39, 0.29) is 11.6 Å². The van der Waals surface area contributed by atoms with Crippen molar-refractivity contribution in [1.29, 1.82) is 0 Å². The molecule has 1 fully saturated rings. The van der Waals surface area contributed by atoms with Crippen molar-refractivity contribution in [1.82, 2.24) is 5.32 Å². The van der Waals surface area contributed by atoms with E-state index in [0.29, 0.717) is 12.5 Å². The van der Waals surface area contributed by atoms with Gasteiger partial charge in [-0.15, -0.1) is 0 Å². The van der Waals surface area contributed by atoms with Crippen LogP contribution in [0.5, 0.6) is 0 Å². The zero-order valence-corrected chi connectivity index (χ0v) is 11.6. The topological polar surface area (TPSA) is 84.3 Å². The Labute approximate surface area is 121 Å². The Hall–Kier alpha value is -2.02. The van der Waals surface area contributed by atoms with Crippen LogP contribution in [0.2, 0.25) is 0 Å². The van der Waals surface area contributed by atoms with Gasteiger partial charge in [0.05, 0.1) is 4.92 Å². The number of nitrogens with one attached hydrogen (secondary N) is 2. The number of hydrogen-bond acceptors (Lipinski definition) is 4. The fraction of sp³-hybridized carbons (Fsp3) is 0.500. The number of carbonyl (C=O) groups is 1. The molecule has 1 aromatic carbocycles. The van der Waals surface area contributed by atoms with Crippen molar-refractivity contribution in [2.45, 2.75) is 38.1 Å². The number of rotatable bonds is 5. The van der Waals surface area contributed by atoms with E-state index in [2.05, 4.69) is 10.6 Å². The van der Waals surface area contributed by atoms with Crippen LogP contribution in [0.25, 0.3) is 0 Å². The Morgan fingerprint density at radius 3 is 2.90 bits per heavy atom. The molecule has 0 bridgehead atoms. The summed E-state index contributed by atoms with van der Waals surface area (Å²) in [4.78, 5) is 21.5. The Bertz CT molecular complexity index is 530. The molecule has 114 valence electrons. The van der Waals surface area contributed by atoms with E-state index in [0.717, 1.165) is 31.5 Å². The number of anilines is 1. The molecule has 1 aromatic rings. The van der Waals surface area contributed by atoms with Crippen LogP contribution in [0.15, 0.2) is 18.2 Å². The van der Waals surface area contributed by atoms with Crippen molar-refractivity contribution >= 4 is 17.3 Å². The molecule has 2 N–H and O–H groups in total. The molecule has 1 aliphatic rings. The first-order valence-electron chi connectivity index (χ1n) is 7.03. The second-order valence-corrected chi connectivity index (χ2v) is 5.16. The fourth-order valence-electron chi connectivity index (χ4n) is 2.43. The Kier molecular flexibility index (Phi) is 5.21. The lowest BCUT2D eigenvalue weighted by molar-refractivity contribution is -0.387. The van der Waals surface area contributed by atoms with Crippen LogP contribution < -0.4 is 10.6 Å². The zero-order valence-electron chi connectivity index (χ0n) is 11.6. The number of amides is 1. The second-order valence-electron chi connectivity index (χ2n) is 5.16. The first-order chi connectivity index (χ1) is 10.1. The number of halogens is 1. The predicted molar refractivity (Wildman–Crippen MR) is 76.6 cm³/mol. The summed E-state index contributed by atoms with van der Waals surface area (Å²) in [5.74, 6) is -1.16.